The Labute approximate surface area is 163 Å². The zero-order valence-electron chi connectivity index (χ0n) is 15.3. The van der Waals surface area contributed by atoms with E-state index >= 15 is 0 Å². The van der Waals surface area contributed by atoms with Gasteiger partial charge in [-0.1, -0.05) is 30.3 Å². The van der Waals surface area contributed by atoms with Crippen molar-refractivity contribution in [3.63, 3.8) is 0 Å². The highest BCUT2D eigenvalue weighted by atomic mass is 16.3. The quantitative estimate of drug-likeness (QED) is 0.449. The maximum atomic E-state index is 9.83. The summed E-state index contributed by atoms with van der Waals surface area (Å²) in [6.45, 7) is 1.85. The minimum Gasteiger partial charge on any atom is -0.507 e. The first-order valence-corrected chi connectivity index (χ1v) is 9.18. The molecule has 28 heavy (non-hydrogen) atoms. The van der Waals surface area contributed by atoms with E-state index in [1.807, 2.05) is 36.4 Å². The normalized spacial score (nSPS) is 13.8. The van der Waals surface area contributed by atoms with Crippen LogP contribution in [0.5, 0.6) is 5.75 Å². The van der Waals surface area contributed by atoms with Crippen LogP contribution in [-0.4, -0.2) is 39.4 Å². The highest BCUT2D eigenvalue weighted by molar-refractivity contribution is 5.83. The maximum Gasteiger partial charge on any atom is 0.250 e. The number of benzene rings is 2. The van der Waals surface area contributed by atoms with Crippen molar-refractivity contribution in [1.29, 1.82) is 0 Å². The third kappa shape index (κ3) is 4.35. The van der Waals surface area contributed by atoms with E-state index in [0.717, 1.165) is 31.6 Å². The smallest absolute Gasteiger partial charge is 0.250 e. The fraction of sp³-hybridized carbons (Fsp3) is 0.200. The molecule has 3 aromatic rings. The van der Waals surface area contributed by atoms with E-state index < -0.39 is 0 Å². The van der Waals surface area contributed by atoms with Gasteiger partial charge in [-0.25, -0.2) is 5.43 Å². The summed E-state index contributed by atoms with van der Waals surface area (Å²) in [6.07, 6.45) is 3.78. The van der Waals surface area contributed by atoms with Crippen molar-refractivity contribution in [2.45, 2.75) is 12.8 Å². The molecule has 1 aromatic heterocycles. The Bertz CT molecular complexity index is 956. The molecule has 0 bridgehead atoms. The van der Waals surface area contributed by atoms with Crippen LogP contribution in [0.3, 0.4) is 0 Å². The van der Waals surface area contributed by atoms with Crippen LogP contribution in [0.4, 0.5) is 23.5 Å². The average Bonchev–Trinajstić information content (AvgIpc) is 3.25. The fourth-order valence-electron chi connectivity index (χ4n) is 2.94. The topological polar surface area (TPSA) is 98.6 Å². The summed E-state index contributed by atoms with van der Waals surface area (Å²) in [5, 5.41) is 17.2. The average molecular weight is 375 g/mol. The highest BCUT2D eigenvalue weighted by Gasteiger charge is 2.17. The molecule has 0 aliphatic carbocycles. The molecule has 0 amide bonds. The molecule has 8 heteroatoms. The summed E-state index contributed by atoms with van der Waals surface area (Å²) < 4.78 is 0. The zero-order chi connectivity index (χ0) is 19.2. The van der Waals surface area contributed by atoms with Crippen LogP contribution in [0.2, 0.25) is 0 Å². The molecule has 1 saturated heterocycles. The second-order valence-electron chi connectivity index (χ2n) is 6.40. The van der Waals surface area contributed by atoms with E-state index in [2.05, 4.69) is 35.7 Å². The minimum absolute atomic E-state index is 0.160. The van der Waals surface area contributed by atoms with Gasteiger partial charge in [0.25, 0.3) is 0 Å². The van der Waals surface area contributed by atoms with Gasteiger partial charge in [-0.05, 0) is 37.1 Å². The van der Waals surface area contributed by atoms with Crippen LogP contribution in [-0.2, 0) is 0 Å². The molecule has 0 unspecified atom stereocenters. The molecule has 0 saturated carbocycles. The summed E-state index contributed by atoms with van der Waals surface area (Å²) >= 11 is 0. The molecule has 2 heterocycles. The van der Waals surface area contributed by atoms with Gasteiger partial charge in [0.1, 0.15) is 5.75 Å². The van der Waals surface area contributed by atoms with Gasteiger partial charge in [0.05, 0.1) is 6.21 Å². The van der Waals surface area contributed by atoms with Crippen molar-refractivity contribution >= 4 is 29.7 Å². The number of anilines is 4. The second kappa shape index (κ2) is 8.34. The maximum absolute atomic E-state index is 9.83. The van der Waals surface area contributed by atoms with Crippen LogP contribution in [0, 0.1) is 0 Å². The third-order valence-electron chi connectivity index (χ3n) is 4.35. The van der Waals surface area contributed by atoms with E-state index in [1.54, 1.807) is 18.2 Å². The fourth-order valence-corrected chi connectivity index (χ4v) is 2.94. The number of phenolic OH excluding ortho intramolecular Hbond substituents is 1. The van der Waals surface area contributed by atoms with Gasteiger partial charge >= 0.3 is 0 Å². The zero-order valence-corrected chi connectivity index (χ0v) is 15.3. The summed E-state index contributed by atoms with van der Waals surface area (Å²) in [5.74, 6) is 1.56. The van der Waals surface area contributed by atoms with Crippen molar-refractivity contribution in [3.05, 3.63) is 60.2 Å². The summed E-state index contributed by atoms with van der Waals surface area (Å²) in [5.41, 5.74) is 4.34. The Kier molecular flexibility index (Phi) is 5.28. The molecule has 0 atom stereocenters. The SMILES string of the molecule is Oc1ccccc1/C=N/Nc1nc(Nc2ccccc2)nc(N2CCCC2)n1. The summed E-state index contributed by atoms with van der Waals surface area (Å²) in [7, 11) is 0. The lowest BCUT2D eigenvalue weighted by Gasteiger charge is -2.16. The highest BCUT2D eigenvalue weighted by Crippen LogP contribution is 2.21. The van der Waals surface area contributed by atoms with Gasteiger partial charge in [0.2, 0.25) is 17.8 Å². The van der Waals surface area contributed by atoms with E-state index in [-0.39, 0.29) is 5.75 Å². The molecule has 1 aliphatic heterocycles. The molecular formula is C20H21N7O. The first-order valence-electron chi connectivity index (χ1n) is 9.18. The molecule has 142 valence electrons. The number of para-hydroxylation sites is 2. The molecular weight excluding hydrogens is 354 g/mol. The lowest BCUT2D eigenvalue weighted by Crippen LogP contribution is -2.21. The van der Waals surface area contributed by atoms with Crippen LogP contribution in [0.15, 0.2) is 59.7 Å². The van der Waals surface area contributed by atoms with E-state index in [0.29, 0.717) is 23.4 Å². The molecule has 0 spiro atoms. The molecule has 2 aromatic carbocycles. The molecule has 1 fully saturated rings. The number of hydrogen-bond acceptors (Lipinski definition) is 8. The van der Waals surface area contributed by atoms with Gasteiger partial charge in [0, 0.05) is 24.3 Å². The minimum atomic E-state index is 0.160. The number of nitrogens with one attached hydrogen (secondary N) is 2. The monoisotopic (exact) mass is 375 g/mol. The molecule has 8 nitrogen and oxygen atoms in total. The van der Waals surface area contributed by atoms with Crippen LogP contribution >= 0.6 is 0 Å². The Morgan fingerprint density at radius 2 is 1.61 bits per heavy atom. The number of aromatic nitrogens is 3. The number of aromatic hydroxyl groups is 1. The molecule has 3 N–H and O–H groups in total. The number of rotatable bonds is 6. The van der Waals surface area contributed by atoms with Crippen LogP contribution in [0.25, 0.3) is 0 Å². The van der Waals surface area contributed by atoms with Crippen molar-refractivity contribution in [2.75, 3.05) is 28.7 Å². The Morgan fingerprint density at radius 1 is 0.893 bits per heavy atom. The van der Waals surface area contributed by atoms with Crippen molar-refractivity contribution in [2.24, 2.45) is 5.10 Å². The van der Waals surface area contributed by atoms with Crippen LogP contribution in [0.1, 0.15) is 18.4 Å². The van der Waals surface area contributed by atoms with Gasteiger partial charge < -0.3 is 15.3 Å². The standard InChI is InChI=1S/C20H21N7O/c28-17-11-5-4-8-15(17)14-21-26-19-23-18(22-16-9-2-1-3-10-16)24-20(25-19)27-12-6-7-13-27/h1-5,8-11,14,28H,6-7,12-13H2,(H2,22,23,24,25,26)/b21-14+. The lowest BCUT2D eigenvalue weighted by molar-refractivity contribution is 0.474. The van der Waals surface area contributed by atoms with Crippen LogP contribution < -0.4 is 15.6 Å². The van der Waals surface area contributed by atoms with Gasteiger partial charge in [0.15, 0.2) is 0 Å². The Balaban J connectivity index is 1.57. The molecule has 1 aliphatic rings. The van der Waals surface area contributed by atoms with Gasteiger partial charge in [-0.3, -0.25) is 0 Å². The Morgan fingerprint density at radius 3 is 2.39 bits per heavy atom. The van der Waals surface area contributed by atoms with Crippen molar-refractivity contribution in [1.82, 2.24) is 15.0 Å². The number of nitrogens with zero attached hydrogens (tertiary/aromatic N) is 5. The first kappa shape index (κ1) is 17.7. The predicted molar refractivity (Wildman–Crippen MR) is 110 cm³/mol. The number of phenols is 1. The first-order chi connectivity index (χ1) is 13.8. The lowest BCUT2D eigenvalue weighted by atomic mass is 10.2. The summed E-state index contributed by atoms with van der Waals surface area (Å²) in [4.78, 5) is 15.6. The molecule has 0 radical (unpaired) electrons. The Hall–Kier alpha value is -3.68. The van der Waals surface area contributed by atoms with Gasteiger partial charge in [-0.2, -0.15) is 20.1 Å². The van der Waals surface area contributed by atoms with Crippen molar-refractivity contribution in [3.8, 4) is 5.75 Å². The van der Waals surface area contributed by atoms with E-state index in [4.69, 9.17) is 0 Å². The number of hydrazone groups is 1. The predicted octanol–water partition coefficient (Wildman–Crippen LogP) is 3.37. The number of hydrogen-bond donors (Lipinski definition) is 3. The molecule has 4 rings (SSSR count). The van der Waals surface area contributed by atoms with E-state index in [1.165, 1.54) is 6.21 Å². The largest absolute Gasteiger partial charge is 0.507 e. The van der Waals surface area contributed by atoms with E-state index in [9.17, 15) is 5.11 Å². The van der Waals surface area contributed by atoms with Gasteiger partial charge in [-0.15, -0.1) is 0 Å². The third-order valence-corrected chi connectivity index (χ3v) is 4.35. The van der Waals surface area contributed by atoms with Crippen molar-refractivity contribution < 1.29 is 5.11 Å². The second-order valence-corrected chi connectivity index (χ2v) is 6.40. The summed E-state index contributed by atoms with van der Waals surface area (Å²) in [6, 6.07) is 16.7.